The third kappa shape index (κ3) is 2.10. The number of hydrogen-bond donors (Lipinski definition) is 1. The topological polar surface area (TPSA) is 78.0 Å². The summed E-state index contributed by atoms with van der Waals surface area (Å²) in [6.07, 6.45) is 1.53. The average molecular weight is 279 g/mol. The Morgan fingerprint density at radius 3 is 2.95 bits per heavy atom. The second kappa shape index (κ2) is 4.23. The fourth-order valence-electron chi connectivity index (χ4n) is 2.91. The zero-order valence-electron chi connectivity index (χ0n) is 10.8. The van der Waals surface area contributed by atoms with E-state index in [4.69, 9.17) is 5.73 Å². The van der Waals surface area contributed by atoms with E-state index in [1.54, 1.807) is 0 Å². The Balaban J connectivity index is 2.17. The van der Waals surface area contributed by atoms with Gasteiger partial charge in [0.05, 0.1) is 28.6 Å². The van der Waals surface area contributed by atoms with E-state index < -0.39 is 9.84 Å². The van der Waals surface area contributed by atoms with Crippen LogP contribution in [0.3, 0.4) is 0 Å². The number of rotatable bonds is 1. The lowest BCUT2D eigenvalue weighted by Gasteiger charge is -2.25. The first kappa shape index (κ1) is 12.5. The molecule has 3 rings (SSSR count). The number of fused-ring (bicyclic) bond motifs is 1. The molecule has 0 aliphatic carbocycles. The Bertz CT molecular complexity index is 734. The number of hydrogen-bond acceptors (Lipinski definition) is 4. The minimum atomic E-state index is -2.96. The molecule has 5 nitrogen and oxygen atoms in total. The molecule has 1 aromatic carbocycles. The van der Waals surface area contributed by atoms with Crippen molar-refractivity contribution in [2.75, 3.05) is 17.2 Å². The summed E-state index contributed by atoms with van der Waals surface area (Å²) in [6, 6.07) is 5.75. The first-order valence-corrected chi connectivity index (χ1v) is 8.23. The maximum absolute atomic E-state index is 11.8. The van der Waals surface area contributed by atoms with Crippen LogP contribution >= 0.6 is 0 Å². The van der Waals surface area contributed by atoms with E-state index in [-0.39, 0.29) is 17.5 Å². The molecular formula is C13H17N3O2S. The number of nitrogen functional groups attached to an aromatic ring is 1. The Morgan fingerprint density at radius 1 is 1.42 bits per heavy atom. The van der Waals surface area contributed by atoms with Gasteiger partial charge in [-0.3, -0.25) is 0 Å². The zero-order valence-corrected chi connectivity index (χ0v) is 11.7. The number of anilines is 1. The maximum atomic E-state index is 11.8. The predicted octanol–water partition coefficient (Wildman–Crippen LogP) is 1.68. The van der Waals surface area contributed by atoms with E-state index in [0.717, 1.165) is 23.0 Å². The first-order valence-electron chi connectivity index (χ1n) is 6.41. The van der Waals surface area contributed by atoms with Gasteiger partial charge in [-0.05, 0) is 31.4 Å². The summed E-state index contributed by atoms with van der Waals surface area (Å²) >= 11 is 0. The van der Waals surface area contributed by atoms with Crippen molar-refractivity contribution in [3.05, 3.63) is 23.8 Å². The third-order valence-electron chi connectivity index (χ3n) is 3.74. The van der Waals surface area contributed by atoms with Crippen LogP contribution in [0.1, 0.15) is 24.4 Å². The Morgan fingerprint density at radius 2 is 2.21 bits per heavy atom. The van der Waals surface area contributed by atoms with Crippen LogP contribution in [-0.2, 0) is 9.84 Å². The van der Waals surface area contributed by atoms with Gasteiger partial charge in [0, 0.05) is 0 Å². The molecule has 0 bridgehead atoms. The number of sulfone groups is 1. The lowest BCUT2D eigenvalue weighted by Crippen LogP contribution is -2.28. The van der Waals surface area contributed by atoms with Gasteiger partial charge in [-0.1, -0.05) is 12.1 Å². The smallest absolute Gasteiger partial charge is 0.201 e. The highest BCUT2D eigenvalue weighted by atomic mass is 32.2. The van der Waals surface area contributed by atoms with E-state index in [1.165, 1.54) is 0 Å². The number of imidazole rings is 1. The summed E-state index contributed by atoms with van der Waals surface area (Å²) in [5.74, 6) is 0.859. The van der Waals surface area contributed by atoms with Crippen molar-refractivity contribution in [1.29, 1.82) is 0 Å². The molecule has 19 heavy (non-hydrogen) atoms. The van der Waals surface area contributed by atoms with E-state index in [0.29, 0.717) is 12.4 Å². The van der Waals surface area contributed by atoms with Crippen molar-refractivity contribution in [2.45, 2.75) is 25.8 Å². The van der Waals surface area contributed by atoms with Crippen LogP contribution in [0.5, 0.6) is 0 Å². The van der Waals surface area contributed by atoms with Crippen LogP contribution in [0.15, 0.2) is 18.2 Å². The lowest BCUT2D eigenvalue weighted by molar-refractivity contribution is 0.483. The quantitative estimate of drug-likeness (QED) is 0.861. The predicted molar refractivity (Wildman–Crippen MR) is 75.8 cm³/mol. The van der Waals surface area contributed by atoms with Gasteiger partial charge in [0.25, 0.3) is 0 Å². The highest BCUT2D eigenvalue weighted by Gasteiger charge is 2.28. The average Bonchev–Trinajstić information content (AvgIpc) is 2.65. The fourth-order valence-corrected chi connectivity index (χ4v) is 4.59. The highest BCUT2D eigenvalue weighted by molar-refractivity contribution is 7.91. The monoisotopic (exact) mass is 279 g/mol. The van der Waals surface area contributed by atoms with Gasteiger partial charge in [-0.15, -0.1) is 0 Å². The number of nitrogens with two attached hydrogens (primary N) is 1. The lowest BCUT2D eigenvalue weighted by atomic mass is 10.1. The fraction of sp³-hybridized carbons (Fsp3) is 0.462. The van der Waals surface area contributed by atoms with Crippen molar-refractivity contribution in [3.63, 3.8) is 0 Å². The number of para-hydroxylation sites is 1. The minimum absolute atomic E-state index is 0.0927. The molecule has 1 aliphatic heterocycles. The van der Waals surface area contributed by atoms with Crippen LogP contribution in [0, 0.1) is 6.92 Å². The second-order valence-corrected chi connectivity index (χ2v) is 7.42. The number of aromatic nitrogens is 2. The van der Waals surface area contributed by atoms with Gasteiger partial charge >= 0.3 is 0 Å². The summed E-state index contributed by atoms with van der Waals surface area (Å²) in [5, 5.41) is 0. The Hall–Kier alpha value is -1.56. The van der Waals surface area contributed by atoms with Gasteiger partial charge in [-0.25, -0.2) is 13.4 Å². The summed E-state index contributed by atoms with van der Waals surface area (Å²) in [4.78, 5) is 4.34. The largest absolute Gasteiger partial charge is 0.369 e. The molecule has 102 valence electrons. The van der Waals surface area contributed by atoms with E-state index >= 15 is 0 Å². The van der Waals surface area contributed by atoms with Gasteiger partial charge in [0.15, 0.2) is 9.84 Å². The van der Waals surface area contributed by atoms with Crippen LogP contribution in [0.2, 0.25) is 0 Å². The Labute approximate surface area is 112 Å². The molecule has 2 N–H and O–H groups in total. The molecule has 1 fully saturated rings. The van der Waals surface area contributed by atoms with E-state index in [2.05, 4.69) is 4.98 Å². The van der Waals surface area contributed by atoms with E-state index in [1.807, 2.05) is 29.7 Å². The molecule has 1 atom stereocenters. The van der Waals surface area contributed by atoms with Crippen LogP contribution in [0.4, 0.5) is 5.95 Å². The normalized spacial score (nSPS) is 22.7. The van der Waals surface area contributed by atoms with Crippen molar-refractivity contribution in [1.82, 2.24) is 9.55 Å². The van der Waals surface area contributed by atoms with Gasteiger partial charge in [0.1, 0.15) is 0 Å². The molecule has 1 aliphatic rings. The number of aryl methyl sites for hydroxylation is 1. The molecule has 2 aromatic rings. The van der Waals surface area contributed by atoms with Crippen LogP contribution < -0.4 is 5.73 Å². The van der Waals surface area contributed by atoms with Gasteiger partial charge in [0.2, 0.25) is 5.95 Å². The molecule has 6 heteroatoms. The van der Waals surface area contributed by atoms with Crippen molar-refractivity contribution in [3.8, 4) is 0 Å². The summed E-state index contributed by atoms with van der Waals surface area (Å²) < 4.78 is 25.5. The molecule has 0 saturated carbocycles. The molecule has 0 amide bonds. The van der Waals surface area contributed by atoms with Crippen LogP contribution in [-0.4, -0.2) is 29.5 Å². The standard InChI is InChI=1S/C13H17N3O2S/c1-9-4-2-6-11-12(9)16(13(14)15-11)10-5-3-7-19(17,18)8-10/h2,4,6,10H,3,5,7-8H2,1H3,(H2,14,15). The molecule has 1 unspecified atom stereocenters. The van der Waals surface area contributed by atoms with Crippen molar-refractivity contribution >= 4 is 26.8 Å². The molecule has 1 saturated heterocycles. The summed E-state index contributed by atoms with van der Waals surface area (Å²) in [5.41, 5.74) is 8.87. The van der Waals surface area contributed by atoms with Crippen LogP contribution in [0.25, 0.3) is 11.0 Å². The number of nitrogens with zero attached hydrogens (tertiary/aromatic N) is 2. The van der Waals surface area contributed by atoms with Gasteiger partial charge in [-0.2, -0.15) is 0 Å². The highest BCUT2D eigenvalue weighted by Crippen LogP contribution is 2.31. The Kier molecular flexibility index (Phi) is 2.78. The SMILES string of the molecule is Cc1cccc2nc(N)n(C3CCCS(=O)(=O)C3)c12. The molecule has 0 radical (unpaired) electrons. The van der Waals surface area contributed by atoms with Crippen molar-refractivity contribution < 1.29 is 8.42 Å². The van der Waals surface area contributed by atoms with Crippen molar-refractivity contribution in [2.24, 2.45) is 0 Å². The molecule has 1 aromatic heterocycles. The molecule has 2 heterocycles. The zero-order chi connectivity index (χ0) is 13.6. The summed E-state index contributed by atoms with van der Waals surface area (Å²) in [7, 11) is -2.96. The van der Waals surface area contributed by atoms with E-state index in [9.17, 15) is 8.42 Å². The van der Waals surface area contributed by atoms with Gasteiger partial charge < -0.3 is 10.3 Å². The first-order chi connectivity index (χ1) is 8.98. The maximum Gasteiger partial charge on any atom is 0.201 e. The number of benzene rings is 1. The minimum Gasteiger partial charge on any atom is -0.369 e. The second-order valence-electron chi connectivity index (χ2n) is 5.19. The molecular weight excluding hydrogens is 262 g/mol. The third-order valence-corrected chi connectivity index (χ3v) is 5.55. The molecule has 0 spiro atoms. The summed E-state index contributed by atoms with van der Waals surface area (Å²) in [6.45, 7) is 2.00.